The average molecular weight is 1550 g/mol. The Labute approximate surface area is 681 Å². The Morgan fingerprint density at radius 1 is 0.213 bits per heavy atom. The Morgan fingerprint density at radius 2 is 0.343 bits per heavy atom. The first kappa shape index (κ1) is 110. The Kier molecular flexibility index (Phi) is 97.6. The summed E-state index contributed by atoms with van der Waals surface area (Å²) in [5.41, 5.74) is -0.201. The highest BCUT2D eigenvalue weighted by molar-refractivity contribution is 7.45. The molecule has 108 heavy (non-hydrogen) atoms. The maximum atomic E-state index is 12.9. The van der Waals surface area contributed by atoms with E-state index in [-0.39, 0.29) is 18.2 Å². The summed E-state index contributed by atoms with van der Waals surface area (Å²) >= 11 is 0. The molecule has 0 spiro atoms. The zero-order chi connectivity index (χ0) is 78.6. The summed E-state index contributed by atoms with van der Waals surface area (Å²) in [4.78, 5) is 24.3. The van der Waals surface area contributed by atoms with Crippen LogP contribution in [0.5, 0.6) is 0 Å². The first-order chi connectivity index (χ1) is 53.1. The molecule has 8 heteroatoms. The molecule has 1 atom stereocenters. The highest BCUT2D eigenvalue weighted by Gasteiger charge is 2.41. The fourth-order valence-corrected chi connectivity index (χ4v) is 17.9. The van der Waals surface area contributed by atoms with Gasteiger partial charge in [-0.1, -0.05) is 586 Å². The summed E-state index contributed by atoms with van der Waals surface area (Å²) in [6.45, 7) is 11.3. The first-order valence-electron chi connectivity index (χ1n) is 50.9. The van der Waals surface area contributed by atoms with Gasteiger partial charge in [-0.25, -0.2) is 4.57 Å². The molecular formula is C100H206NO6P. The van der Waals surface area contributed by atoms with Crippen molar-refractivity contribution in [1.29, 1.82) is 0 Å². The lowest BCUT2D eigenvalue weighted by Crippen LogP contribution is -2.58. The number of β-amino-alcohol motifs (C(OH)–C–C–N with tert-alkyl or cyclic N) is 1. The van der Waals surface area contributed by atoms with Crippen LogP contribution in [-0.2, 0) is 4.57 Å². The van der Waals surface area contributed by atoms with Crippen molar-refractivity contribution in [3.63, 3.8) is 0 Å². The van der Waals surface area contributed by atoms with Crippen molar-refractivity contribution in [3.8, 4) is 0 Å². The van der Waals surface area contributed by atoms with Crippen molar-refractivity contribution >= 4 is 7.82 Å². The maximum Gasteiger partial charge on any atom is 0.466 e. The molecule has 7 nitrogen and oxygen atoms in total. The molecule has 0 radical (unpaired) electrons. The molecule has 0 aliphatic rings. The van der Waals surface area contributed by atoms with Gasteiger partial charge in [0.1, 0.15) is 0 Å². The molecule has 0 aromatic rings. The zero-order valence-electron chi connectivity index (χ0n) is 75.1. The number of rotatable bonds is 96. The van der Waals surface area contributed by atoms with Gasteiger partial charge in [-0.05, 0) is 32.2 Å². The van der Waals surface area contributed by atoms with Gasteiger partial charge < -0.3 is 24.9 Å². The minimum Gasteiger partial charge on any atom is -0.395 e. The van der Waals surface area contributed by atoms with Gasteiger partial charge in [-0.15, -0.1) is 0 Å². The number of unbranched alkanes of at least 4 members (excludes halogenated alkanes) is 84. The first-order valence-corrected chi connectivity index (χ1v) is 52.5. The number of nitrogens with zero attached hydrogens (tertiary/aromatic N) is 1. The van der Waals surface area contributed by atoms with Crippen molar-refractivity contribution in [2.45, 2.75) is 624 Å². The number of hydrogen-bond donors (Lipinski definition) is 5. The van der Waals surface area contributed by atoms with Gasteiger partial charge in [0, 0.05) is 12.1 Å². The maximum absolute atomic E-state index is 12.9. The Balaban J connectivity index is 0. The van der Waals surface area contributed by atoms with Crippen LogP contribution in [0.3, 0.4) is 0 Å². The largest absolute Gasteiger partial charge is 0.466 e. The molecule has 0 saturated carbocycles. The third kappa shape index (κ3) is 91.5. The van der Waals surface area contributed by atoms with Crippen molar-refractivity contribution in [2.75, 3.05) is 19.7 Å². The van der Waals surface area contributed by atoms with E-state index in [0.29, 0.717) is 0 Å². The standard InChI is InChI=1S/C100H203NO2.H3O4P/c1-5-9-13-17-21-25-29-32-35-38-41-44-47-50-53-56-59-62-65-68-71-74-77-81-85-89-93-99(103)100(101(97-98-102)96-92-88-84-80-28-24-20-16-12-8-4,94-90-86-82-78-75-72-69-66-63-60-57-54-51-48-45-42-39-36-33-30-26-22-18-14-10-6-2)95-91-87-83-79-76-73-70-67-64-61-58-55-52-49-46-43-40-37-34-31-27-23-19-15-11-7-3;1-5(2,3)4/h99,102-103H,5-98H2,1-4H3;(H3,1,2,3,4). The highest BCUT2D eigenvalue weighted by atomic mass is 31.2. The lowest BCUT2D eigenvalue weighted by molar-refractivity contribution is -0.0583. The van der Waals surface area contributed by atoms with Gasteiger partial charge in [0.2, 0.25) is 0 Å². The van der Waals surface area contributed by atoms with Gasteiger partial charge in [-0.3, -0.25) is 4.90 Å². The second-order valence-electron chi connectivity index (χ2n) is 35.8. The van der Waals surface area contributed by atoms with E-state index in [1.54, 1.807) is 0 Å². The molecule has 0 rings (SSSR count). The van der Waals surface area contributed by atoms with E-state index in [0.717, 1.165) is 38.8 Å². The minimum absolute atomic E-state index is 0.201. The van der Waals surface area contributed by atoms with Crippen LogP contribution >= 0.6 is 7.82 Å². The molecule has 0 bridgehead atoms. The van der Waals surface area contributed by atoms with Crippen LogP contribution in [0.25, 0.3) is 0 Å². The van der Waals surface area contributed by atoms with Crippen LogP contribution in [0.4, 0.5) is 0 Å². The van der Waals surface area contributed by atoms with Crippen molar-refractivity contribution in [1.82, 2.24) is 4.90 Å². The summed E-state index contributed by atoms with van der Waals surface area (Å²) in [6, 6.07) is 0. The molecule has 1 unspecified atom stereocenters. The van der Waals surface area contributed by atoms with Crippen LogP contribution < -0.4 is 0 Å². The summed E-state index contributed by atoms with van der Waals surface area (Å²) < 4.78 is 8.88. The van der Waals surface area contributed by atoms with E-state index in [2.05, 4.69) is 32.6 Å². The number of phosphoric acid groups is 1. The van der Waals surface area contributed by atoms with Crippen molar-refractivity contribution in [2.24, 2.45) is 0 Å². The molecular weight excluding hydrogens is 1340 g/mol. The van der Waals surface area contributed by atoms with Crippen molar-refractivity contribution in [3.05, 3.63) is 0 Å². The van der Waals surface area contributed by atoms with Crippen LogP contribution in [0, 0.1) is 0 Å². The van der Waals surface area contributed by atoms with E-state index in [1.807, 2.05) is 0 Å². The summed E-state index contributed by atoms with van der Waals surface area (Å²) in [5.74, 6) is 0. The average Bonchev–Trinajstić information content (AvgIpc) is 0.802. The fourth-order valence-electron chi connectivity index (χ4n) is 17.9. The molecule has 0 amide bonds. The quantitative estimate of drug-likeness (QED) is 0.0304. The Morgan fingerprint density at radius 3 is 0.491 bits per heavy atom. The van der Waals surface area contributed by atoms with E-state index >= 15 is 0 Å². The van der Waals surface area contributed by atoms with Gasteiger partial charge >= 0.3 is 7.82 Å². The predicted octanol–water partition coefficient (Wildman–Crippen LogP) is 35.0. The van der Waals surface area contributed by atoms with Gasteiger partial charge in [0.25, 0.3) is 0 Å². The van der Waals surface area contributed by atoms with E-state index < -0.39 is 7.82 Å². The number of aliphatic hydroxyl groups is 2. The molecule has 0 saturated heterocycles. The topological polar surface area (TPSA) is 121 Å². The van der Waals surface area contributed by atoms with E-state index in [1.165, 1.54) is 559 Å². The Bertz CT molecular complexity index is 1560. The molecule has 5 N–H and O–H groups in total. The normalized spacial score (nSPS) is 12.4. The van der Waals surface area contributed by atoms with Gasteiger partial charge in [0.05, 0.1) is 12.7 Å². The number of aliphatic hydroxyl groups excluding tert-OH is 2. The lowest BCUT2D eigenvalue weighted by Gasteiger charge is -2.48. The second kappa shape index (κ2) is 95.8. The smallest absolute Gasteiger partial charge is 0.395 e. The molecule has 0 fully saturated rings. The van der Waals surface area contributed by atoms with E-state index in [9.17, 15) is 10.2 Å². The van der Waals surface area contributed by atoms with Crippen LogP contribution in [0.2, 0.25) is 0 Å². The van der Waals surface area contributed by atoms with Crippen LogP contribution in [0.15, 0.2) is 0 Å². The molecule has 0 heterocycles. The highest BCUT2D eigenvalue weighted by Crippen LogP contribution is 2.37. The predicted molar refractivity (Wildman–Crippen MR) is 485 cm³/mol. The third-order valence-electron chi connectivity index (χ3n) is 25.2. The zero-order valence-corrected chi connectivity index (χ0v) is 76.0. The van der Waals surface area contributed by atoms with Crippen LogP contribution in [0.1, 0.15) is 612 Å². The monoisotopic (exact) mass is 1550 g/mol. The van der Waals surface area contributed by atoms with Crippen LogP contribution in [-0.4, -0.2) is 61.1 Å². The minimum atomic E-state index is -4.64. The molecule has 0 aliphatic heterocycles. The SMILES string of the molecule is CCCCCCCCCCCCCCCCCCCCCCCCCCCCC(O)C(CCCCCCCCCCCCCCCCCCCCCCCCCCCC)(CCCCCCCCCCCCCCCCCCCCCCCCCCCC)N(CCO)CCCCCCCCCCCC.O=P(O)(O)O. The fraction of sp³-hybridized carbons (Fsp3) is 1.00. The Hall–Kier alpha value is -0.0100. The molecule has 652 valence electrons. The van der Waals surface area contributed by atoms with Gasteiger partial charge in [0.15, 0.2) is 0 Å². The summed E-state index contributed by atoms with van der Waals surface area (Å²) in [7, 11) is -4.64. The molecule has 0 aromatic carbocycles. The summed E-state index contributed by atoms with van der Waals surface area (Å²) in [5, 5.41) is 23.7. The molecule has 0 aliphatic carbocycles. The lowest BCUT2D eigenvalue weighted by atomic mass is 9.77. The van der Waals surface area contributed by atoms with Gasteiger partial charge in [-0.2, -0.15) is 0 Å². The summed E-state index contributed by atoms with van der Waals surface area (Å²) in [6.07, 6.45) is 128. The van der Waals surface area contributed by atoms with Crippen molar-refractivity contribution < 1.29 is 29.5 Å². The van der Waals surface area contributed by atoms with E-state index in [4.69, 9.17) is 19.2 Å². The number of hydrogen-bond acceptors (Lipinski definition) is 4. The molecule has 0 aromatic heterocycles. The second-order valence-corrected chi connectivity index (χ2v) is 36.9. The third-order valence-corrected chi connectivity index (χ3v) is 25.2.